The Labute approximate surface area is 123 Å². The van der Waals surface area contributed by atoms with Crippen LogP contribution in [0.5, 0.6) is 0 Å². The largest absolute Gasteiger partial charge is 0.390 e. The number of rotatable bonds is 13. The monoisotopic (exact) mass is 282 g/mol. The van der Waals surface area contributed by atoms with Crippen molar-refractivity contribution in [3.05, 3.63) is 12.7 Å². The Hall–Kier alpha value is -1.12. The van der Waals surface area contributed by atoms with Gasteiger partial charge in [-0.2, -0.15) is 0 Å². The maximum Gasteiger partial charge on any atom is 0.337 e. The molecule has 0 atom stereocenters. The highest BCUT2D eigenvalue weighted by Gasteiger charge is 2.06. The van der Waals surface area contributed by atoms with Gasteiger partial charge in [0.1, 0.15) is 0 Å². The third kappa shape index (κ3) is 13.3. The van der Waals surface area contributed by atoms with Gasteiger partial charge in [-0.3, -0.25) is 4.79 Å². The molecule has 0 fully saturated rings. The van der Waals surface area contributed by atoms with Gasteiger partial charge in [0.25, 0.3) is 0 Å². The van der Waals surface area contributed by atoms with Crippen LogP contribution in [0.4, 0.5) is 0 Å². The summed E-state index contributed by atoms with van der Waals surface area (Å²) in [7, 11) is 0. The van der Waals surface area contributed by atoms with Crippen LogP contribution in [0.2, 0.25) is 0 Å². The molecule has 0 aliphatic rings. The van der Waals surface area contributed by atoms with Crippen molar-refractivity contribution in [2.75, 3.05) is 0 Å². The Morgan fingerprint density at radius 1 is 0.850 bits per heavy atom. The summed E-state index contributed by atoms with van der Waals surface area (Å²) in [6, 6.07) is 0. The highest BCUT2D eigenvalue weighted by Crippen LogP contribution is 2.12. The molecule has 0 saturated heterocycles. The Morgan fingerprint density at radius 2 is 1.30 bits per heavy atom. The van der Waals surface area contributed by atoms with Gasteiger partial charge in [-0.25, -0.2) is 4.79 Å². The molecule has 0 aliphatic carbocycles. The van der Waals surface area contributed by atoms with Crippen molar-refractivity contribution >= 4 is 11.9 Å². The summed E-state index contributed by atoms with van der Waals surface area (Å²) in [5.41, 5.74) is 0. The van der Waals surface area contributed by atoms with E-state index in [1.165, 1.54) is 51.4 Å². The second-order valence-corrected chi connectivity index (χ2v) is 5.28. The van der Waals surface area contributed by atoms with Gasteiger partial charge in [0.05, 0.1) is 0 Å². The maximum absolute atomic E-state index is 11.2. The van der Waals surface area contributed by atoms with Gasteiger partial charge in [0.15, 0.2) is 0 Å². The van der Waals surface area contributed by atoms with Crippen LogP contribution in [-0.2, 0) is 14.3 Å². The molecule has 0 amide bonds. The normalized spacial score (nSPS) is 10.2. The molecule has 0 radical (unpaired) electrons. The van der Waals surface area contributed by atoms with Gasteiger partial charge in [-0.1, -0.05) is 77.7 Å². The molecule has 0 heterocycles. The van der Waals surface area contributed by atoms with E-state index in [1.54, 1.807) is 0 Å². The first-order chi connectivity index (χ1) is 9.70. The smallest absolute Gasteiger partial charge is 0.337 e. The van der Waals surface area contributed by atoms with E-state index in [1.807, 2.05) is 0 Å². The zero-order valence-electron chi connectivity index (χ0n) is 13.0. The summed E-state index contributed by atoms with van der Waals surface area (Å²) in [6.45, 7) is 5.49. The molecular weight excluding hydrogens is 252 g/mol. The van der Waals surface area contributed by atoms with Crippen molar-refractivity contribution in [1.29, 1.82) is 0 Å². The Bertz CT molecular complexity index is 271. The highest BCUT2D eigenvalue weighted by molar-refractivity contribution is 5.91. The summed E-state index contributed by atoms with van der Waals surface area (Å²) >= 11 is 0. The lowest BCUT2D eigenvalue weighted by Crippen LogP contribution is -2.09. The number of ether oxygens (including phenoxy) is 1. The van der Waals surface area contributed by atoms with Gasteiger partial charge in [0, 0.05) is 12.5 Å². The van der Waals surface area contributed by atoms with Crippen LogP contribution >= 0.6 is 0 Å². The summed E-state index contributed by atoms with van der Waals surface area (Å²) in [5, 5.41) is 0. The third-order valence-electron chi connectivity index (χ3n) is 3.37. The SMILES string of the molecule is C=CC(=O)OC(=O)CCCCCCCCCCCCC. The number of hydrogen-bond acceptors (Lipinski definition) is 3. The van der Waals surface area contributed by atoms with Crippen molar-refractivity contribution in [2.24, 2.45) is 0 Å². The molecule has 0 aliphatic heterocycles. The van der Waals surface area contributed by atoms with Crippen LogP contribution in [0, 0.1) is 0 Å². The second kappa shape index (κ2) is 14.3. The molecule has 116 valence electrons. The fourth-order valence-electron chi connectivity index (χ4n) is 2.14. The van der Waals surface area contributed by atoms with Crippen molar-refractivity contribution in [2.45, 2.75) is 84.0 Å². The molecule has 0 saturated carbocycles. The van der Waals surface area contributed by atoms with Crippen molar-refractivity contribution in [3.63, 3.8) is 0 Å². The standard InChI is InChI=1S/C17H30O3/c1-3-5-6-7-8-9-10-11-12-13-14-15-17(19)20-16(18)4-2/h4H,2-3,5-15H2,1H3. The molecule has 0 rings (SSSR count). The van der Waals surface area contributed by atoms with Crippen LogP contribution in [-0.4, -0.2) is 11.9 Å². The predicted octanol–water partition coefficient (Wildman–Crippen LogP) is 4.94. The lowest BCUT2D eigenvalue weighted by atomic mass is 10.1. The number of carbonyl (C=O) groups is 2. The minimum atomic E-state index is -0.655. The number of carbonyl (C=O) groups excluding carboxylic acids is 2. The minimum Gasteiger partial charge on any atom is -0.390 e. The Balaban J connectivity index is 3.18. The Morgan fingerprint density at radius 3 is 1.75 bits per heavy atom. The first-order valence-corrected chi connectivity index (χ1v) is 8.07. The number of esters is 2. The first kappa shape index (κ1) is 18.9. The van der Waals surface area contributed by atoms with Crippen LogP contribution in [0.3, 0.4) is 0 Å². The lowest BCUT2D eigenvalue weighted by molar-refractivity contribution is -0.156. The van der Waals surface area contributed by atoms with E-state index in [4.69, 9.17) is 0 Å². The number of hydrogen-bond donors (Lipinski definition) is 0. The topological polar surface area (TPSA) is 43.4 Å². The van der Waals surface area contributed by atoms with Crippen molar-refractivity contribution in [1.82, 2.24) is 0 Å². The van der Waals surface area contributed by atoms with Gasteiger partial charge in [0.2, 0.25) is 0 Å². The third-order valence-corrected chi connectivity index (χ3v) is 3.37. The predicted molar refractivity (Wildman–Crippen MR) is 82.4 cm³/mol. The van der Waals surface area contributed by atoms with E-state index in [-0.39, 0.29) is 0 Å². The van der Waals surface area contributed by atoms with Gasteiger partial charge in [-0.05, 0) is 6.42 Å². The fraction of sp³-hybridized carbons (Fsp3) is 0.765. The molecule has 20 heavy (non-hydrogen) atoms. The summed E-state index contributed by atoms with van der Waals surface area (Å²) in [6.07, 6.45) is 15.0. The number of unbranched alkanes of at least 4 members (excludes halogenated alkanes) is 10. The van der Waals surface area contributed by atoms with Gasteiger partial charge < -0.3 is 4.74 Å². The molecule has 0 aromatic heterocycles. The summed E-state index contributed by atoms with van der Waals surface area (Å²) in [4.78, 5) is 21.9. The Kier molecular flexibility index (Phi) is 13.5. The summed E-state index contributed by atoms with van der Waals surface area (Å²) in [5.74, 6) is -1.09. The quantitative estimate of drug-likeness (QED) is 0.208. The second-order valence-electron chi connectivity index (χ2n) is 5.28. The van der Waals surface area contributed by atoms with E-state index in [9.17, 15) is 9.59 Å². The maximum atomic E-state index is 11.2. The van der Waals surface area contributed by atoms with Gasteiger partial charge >= 0.3 is 11.9 Å². The van der Waals surface area contributed by atoms with Crippen LogP contribution in [0.25, 0.3) is 0 Å². The molecule has 0 aromatic rings. The molecule has 3 heteroatoms. The van der Waals surface area contributed by atoms with Crippen LogP contribution in [0.1, 0.15) is 84.0 Å². The van der Waals surface area contributed by atoms with E-state index in [0.717, 1.165) is 25.3 Å². The molecule has 0 unspecified atom stereocenters. The highest BCUT2D eigenvalue weighted by atomic mass is 16.6. The molecule has 3 nitrogen and oxygen atoms in total. The first-order valence-electron chi connectivity index (χ1n) is 8.07. The van der Waals surface area contributed by atoms with E-state index < -0.39 is 11.9 Å². The van der Waals surface area contributed by atoms with E-state index in [2.05, 4.69) is 18.2 Å². The molecule has 0 bridgehead atoms. The van der Waals surface area contributed by atoms with Crippen LogP contribution < -0.4 is 0 Å². The fourth-order valence-corrected chi connectivity index (χ4v) is 2.14. The van der Waals surface area contributed by atoms with E-state index >= 15 is 0 Å². The zero-order valence-corrected chi connectivity index (χ0v) is 13.0. The lowest BCUT2D eigenvalue weighted by Gasteiger charge is -2.02. The minimum absolute atomic E-state index is 0.330. The molecule has 0 N–H and O–H groups in total. The average Bonchev–Trinajstić information content (AvgIpc) is 2.44. The van der Waals surface area contributed by atoms with Gasteiger partial charge in [-0.15, -0.1) is 0 Å². The average molecular weight is 282 g/mol. The van der Waals surface area contributed by atoms with Crippen molar-refractivity contribution < 1.29 is 14.3 Å². The molecule has 0 aromatic carbocycles. The summed E-state index contributed by atoms with van der Waals surface area (Å²) < 4.78 is 4.50. The zero-order chi connectivity index (χ0) is 15.1. The van der Waals surface area contributed by atoms with E-state index in [0.29, 0.717) is 6.42 Å². The molecule has 0 spiro atoms. The van der Waals surface area contributed by atoms with Crippen molar-refractivity contribution in [3.8, 4) is 0 Å². The molecular formula is C17H30O3. The van der Waals surface area contributed by atoms with Crippen LogP contribution in [0.15, 0.2) is 12.7 Å².